The largest absolute Gasteiger partial charge is 0.778 e. The number of ether oxygens (including phenoxy) is 1. The summed E-state index contributed by atoms with van der Waals surface area (Å²) in [5, 5.41) is 9.89. The van der Waals surface area contributed by atoms with Crippen molar-refractivity contribution in [1.82, 2.24) is 0 Å². The Bertz CT molecular complexity index is 484. The van der Waals surface area contributed by atoms with Crippen LogP contribution in [0.25, 0.3) is 0 Å². The van der Waals surface area contributed by atoms with Gasteiger partial charge in [-0.2, -0.15) is 0 Å². The van der Waals surface area contributed by atoms with E-state index in [-0.39, 0.29) is 19.4 Å². The fourth-order valence-corrected chi connectivity index (χ4v) is 5.08. The zero-order valence-corrected chi connectivity index (χ0v) is 24.0. The molecule has 0 fully saturated rings. The van der Waals surface area contributed by atoms with Gasteiger partial charge in [0, 0.05) is 19.2 Å². The molecular weight excluding hydrogens is 449 g/mol. The maximum absolute atomic E-state index is 11.9. The molecule has 0 saturated heterocycles. The van der Waals surface area contributed by atoms with Crippen molar-refractivity contribution < 1.29 is 28.3 Å². The molecule has 0 amide bonds. The Morgan fingerprint density at radius 2 is 1.18 bits per heavy atom. The maximum Gasteiger partial charge on any atom is 0.135 e. The Balaban J connectivity index is 3.37. The van der Waals surface area contributed by atoms with Crippen molar-refractivity contribution in [2.24, 2.45) is 0 Å². The molecule has 0 aromatic rings. The summed E-state index contributed by atoms with van der Waals surface area (Å²) in [6.07, 6.45) is 21.0. The first kappa shape index (κ1) is 34.0. The van der Waals surface area contributed by atoms with E-state index in [1.807, 2.05) is 21.1 Å². The molecule has 0 aromatic carbocycles. The number of aliphatic hydroxyl groups is 1. The second-order valence-electron chi connectivity index (χ2n) is 11.0. The van der Waals surface area contributed by atoms with Gasteiger partial charge in [-0.1, -0.05) is 103 Å². The molecule has 0 heterocycles. The van der Waals surface area contributed by atoms with Gasteiger partial charge >= 0.3 is 0 Å². The van der Waals surface area contributed by atoms with Gasteiger partial charge in [0.05, 0.1) is 40.9 Å². The molecule has 206 valence electrons. The summed E-state index contributed by atoms with van der Waals surface area (Å²) in [5.74, 6) is 0. The first-order chi connectivity index (χ1) is 16.2. The van der Waals surface area contributed by atoms with Gasteiger partial charge in [-0.05, 0) is 6.42 Å². The van der Waals surface area contributed by atoms with Crippen LogP contribution in [-0.2, 0) is 13.8 Å². The molecule has 0 radical (unpaired) electrons. The number of unbranched alkanes of at least 4 members (excludes halogenated alkanes) is 15. The molecule has 0 saturated carbocycles. The van der Waals surface area contributed by atoms with Crippen LogP contribution in [0, 0.1) is 0 Å². The van der Waals surface area contributed by atoms with Crippen LogP contribution in [0.1, 0.15) is 116 Å². The summed E-state index contributed by atoms with van der Waals surface area (Å²) in [6, 6.07) is 0. The average Bonchev–Trinajstić information content (AvgIpc) is 2.76. The van der Waals surface area contributed by atoms with Crippen LogP contribution in [0.5, 0.6) is 0 Å². The Morgan fingerprint density at radius 3 is 1.62 bits per heavy atom. The van der Waals surface area contributed by atoms with E-state index >= 15 is 0 Å². The van der Waals surface area contributed by atoms with Crippen LogP contribution in [0.2, 0.25) is 0 Å². The topological polar surface area (TPSA) is 78.8 Å². The van der Waals surface area contributed by atoms with Crippen molar-refractivity contribution in [1.29, 1.82) is 0 Å². The molecule has 6 nitrogen and oxygen atoms in total. The summed E-state index contributed by atoms with van der Waals surface area (Å²) in [7, 11) is 2.19. The van der Waals surface area contributed by atoms with Crippen LogP contribution in [0.4, 0.5) is 0 Å². The number of hydrogen-bond donors (Lipinski definition) is 1. The molecule has 1 unspecified atom stereocenters. The summed E-state index contributed by atoms with van der Waals surface area (Å²) in [5.41, 5.74) is 0. The number of rotatable bonds is 26. The lowest BCUT2D eigenvalue weighted by molar-refractivity contribution is -0.870. The Labute approximate surface area is 211 Å². The fourth-order valence-electron chi connectivity index (χ4n) is 4.02. The molecule has 34 heavy (non-hydrogen) atoms. The van der Waals surface area contributed by atoms with Gasteiger partial charge in [0.1, 0.15) is 13.7 Å². The molecule has 2 atom stereocenters. The Kier molecular flexibility index (Phi) is 22.3. The number of aliphatic hydroxyl groups excluding tert-OH is 1. The van der Waals surface area contributed by atoms with E-state index in [2.05, 4.69) is 6.92 Å². The van der Waals surface area contributed by atoms with Gasteiger partial charge in [0.25, 0.3) is 0 Å². The average molecular weight is 508 g/mol. The summed E-state index contributed by atoms with van der Waals surface area (Å²) >= 11 is 0. The van der Waals surface area contributed by atoms with Crippen LogP contribution in [-0.4, -0.2) is 69.4 Å². The van der Waals surface area contributed by atoms with Crippen molar-refractivity contribution >= 4 is 7.60 Å². The lowest BCUT2D eigenvalue weighted by Gasteiger charge is -2.28. The molecular formula is C27H58NO5P. The highest BCUT2D eigenvalue weighted by molar-refractivity contribution is 7.51. The van der Waals surface area contributed by atoms with E-state index in [1.165, 1.54) is 89.9 Å². The van der Waals surface area contributed by atoms with Gasteiger partial charge in [-0.25, -0.2) is 0 Å². The molecule has 0 spiro atoms. The van der Waals surface area contributed by atoms with Crippen molar-refractivity contribution in [3.8, 4) is 0 Å². The standard InChI is InChI=1S/C27H58NO5P/c1-5-6-7-8-9-10-11-12-13-14-15-16-17-18-19-20-23-32-25-27(29)26-33-34(30,31)24-21-22-28(2,3)4/h27,29H,5-26H2,1-4H3/t27-/m0/s1. The van der Waals surface area contributed by atoms with Gasteiger partial charge in [0.15, 0.2) is 0 Å². The van der Waals surface area contributed by atoms with E-state index in [9.17, 15) is 14.6 Å². The first-order valence-corrected chi connectivity index (χ1v) is 15.9. The van der Waals surface area contributed by atoms with Gasteiger partial charge in [-0.3, -0.25) is 0 Å². The minimum absolute atomic E-state index is 0.00922. The third kappa shape index (κ3) is 26.6. The molecule has 0 aromatic heterocycles. The van der Waals surface area contributed by atoms with Crippen LogP contribution in [0.3, 0.4) is 0 Å². The highest BCUT2D eigenvalue weighted by Gasteiger charge is 2.15. The minimum Gasteiger partial charge on any atom is -0.778 e. The zero-order chi connectivity index (χ0) is 25.5. The summed E-state index contributed by atoms with van der Waals surface area (Å²) in [4.78, 5) is 11.9. The first-order valence-electron chi connectivity index (χ1n) is 14.2. The second-order valence-corrected chi connectivity index (χ2v) is 13.0. The zero-order valence-electron chi connectivity index (χ0n) is 23.1. The predicted molar refractivity (Wildman–Crippen MR) is 142 cm³/mol. The van der Waals surface area contributed by atoms with Gasteiger partial charge < -0.3 is 28.3 Å². The Hall–Kier alpha value is 0.0300. The SMILES string of the molecule is CCCCCCCCCCCCCCCCCCOC[C@H](O)COP(=O)([O-])CCC[N+](C)(C)C. The van der Waals surface area contributed by atoms with Gasteiger partial charge in [0.2, 0.25) is 0 Å². The van der Waals surface area contributed by atoms with E-state index in [0.29, 0.717) is 13.0 Å². The summed E-state index contributed by atoms with van der Waals surface area (Å²) < 4.78 is 23.1. The monoisotopic (exact) mass is 507 g/mol. The number of nitrogens with zero attached hydrogens (tertiary/aromatic N) is 1. The maximum atomic E-state index is 11.9. The molecule has 7 heteroatoms. The molecule has 0 rings (SSSR count). The minimum atomic E-state index is -3.89. The van der Waals surface area contributed by atoms with Crippen molar-refractivity contribution in [3.63, 3.8) is 0 Å². The van der Waals surface area contributed by atoms with Crippen molar-refractivity contribution in [3.05, 3.63) is 0 Å². The second kappa shape index (κ2) is 22.2. The fraction of sp³-hybridized carbons (Fsp3) is 1.00. The van der Waals surface area contributed by atoms with Crippen LogP contribution in [0.15, 0.2) is 0 Å². The molecule has 0 aliphatic carbocycles. The highest BCUT2D eigenvalue weighted by Crippen LogP contribution is 2.37. The lowest BCUT2D eigenvalue weighted by atomic mass is 10.0. The van der Waals surface area contributed by atoms with Crippen LogP contribution < -0.4 is 4.89 Å². The highest BCUT2D eigenvalue weighted by atomic mass is 31.2. The normalized spacial score (nSPS) is 14.9. The predicted octanol–water partition coefficient (Wildman–Crippen LogP) is 6.29. The van der Waals surface area contributed by atoms with Crippen molar-refractivity contribution in [2.75, 3.05) is 53.7 Å². The number of quaternary nitrogens is 1. The molecule has 0 aliphatic rings. The van der Waals surface area contributed by atoms with E-state index in [1.54, 1.807) is 0 Å². The molecule has 1 N–H and O–H groups in total. The number of hydrogen-bond acceptors (Lipinski definition) is 5. The lowest BCUT2D eigenvalue weighted by Crippen LogP contribution is -2.36. The van der Waals surface area contributed by atoms with Crippen molar-refractivity contribution in [2.45, 2.75) is 122 Å². The molecule has 0 bridgehead atoms. The smallest absolute Gasteiger partial charge is 0.135 e. The third-order valence-corrected chi connectivity index (χ3v) is 7.58. The van der Waals surface area contributed by atoms with Gasteiger partial charge in [-0.15, -0.1) is 0 Å². The Morgan fingerprint density at radius 1 is 0.735 bits per heavy atom. The third-order valence-electron chi connectivity index (χ3n) is 6.18. The quantitative estimate of drug-likeness (QED) is 0.0845. The van der Waals surface area contributed by atoms with E-state index in [4.69, 9.17) is 9.26 Å². The summed E-state index contributed by atoms with van der Waals surface area (Å²) in [6.45, 7) is 3.55. The molecule has 0 aliphatic heterocycles. The van der Waals surface area contributed by atoms with E-state index in [0.717, 1.165) is 23.9 Å². The van der Waals surface area contributed by atoms with Crippen LogP contribution >= 0.6 is 7.60 Å². The van der Waals surface area contributed by atoms with E-state index < -0.39 is 13.7 Å².